The monoisotopic (exact) mass is 249 g/mol. The van der Waals surface area contributed by atoms with Crippen LogP contribution in [0.15, 0.2) is 36.4 Å². The smallest absolute Gasteiger partial charge is 0.259 e. The van der Waals surface area contributed by atoms with Crippen LogP contribution in [0.4, 0.5) is 10.2 Å². The molecule has 86 valence electrons. The molecule has 2 aromatic rings. The Kier molecular flexibility index (Phi) is 3.24. The zero-order valence-corrected chi connectivity index (χ0v) is 9.42. The lowest BCUT2D eigenvalue weighted by molar-refractivity contribution is 0.102. The van der Waals surface area contributed by atoms with E-state index >= 15 is 0 Å². The van der Waals surface area contributed by atoms with Gasteiger partial charge in [0.2, 0.25) is 0 Å². The van der Waals surface area contributed by atoms with Crippen LogP contribution in [0.3, 0.4) is 0 Å². The minimum atomic E-state index is -0.575. The van der Waals surface area contributed by atoms with Gasteiger partial charge in [-0.2, -0.15) is 5.10 Å². The Morgan fingerprint density at radius 1 is 1.29 bits per heavy atom. The summed E-state index contributed by atoms with van der Waals surface area (Å²) in [5.74, 6) is -0.846. The highest BCUT2D eigenvalue weighted by Gasteiger charge is 2.10. The Morgan fingerprint density at radius 2 is 2.06 bits per heavy atom. The van der Waals surface area contributed by atoms with E-state index in [1.165, 1.54) is 24.3 Å². The number of H-pyrrole nitrogens is 1. The van der Waals surface area contributed by atoms with Gasteiger partial charge in [-0.3, -0.25) is 9.89 Å². The molecule has 1 heterocycles. The van der Waals surface area contributed by atoms with Crippen LogP contribution >= 0.6 is 12.2 Å². The number of carbonyl (C=O) groups excluding carboxylic acids is 1. The van der Waals surface area contributed by atoms with E-state index in [-0.39, 0.29) is 11.4 Å². The lowest BCUT2D eigenvalue weighted by Crippen LogP contribution is -2.14. The highest BCUT2D eigenvalue weighted by molar-refractivity contribution is 7.71. The van der Waals surface area contributed by atoms with Crippen molar-refractivity contribution in [2.45, 2.75) is 0 Å². The molecule has 0 aliphatic heterocycles. The van der Waals surface area contributed by atoms with Gasteiger partial charge in [-0.15, -0.1) is 0 Å². The average molecular weight is 249 g/mol. The maximum atomic E-state index is 13.3. The number of benzene rings is 1. The van der Waals surface area contributed by atoms with Crippen LogP contribution in [-0.2, 0) is 0 Å². The molecule has 0 saturated heterocycles. The second kappa shape index (κ2) is 4.84. The summed E-state index contributed by atoms with van der Waals surface area (Å²) >= 11 is 4.81. The van der Waals surface area contributed by atoms with Crippen molar-refractivity contribution in [3.8, 4) is 0 Å². The van der Waals surface area contributed by atoms with Gasteiger partial charge in [0.25, 0.3) is 5.91 Å². The Hall–Kier alpha value is -2.08. The molecular formula is C11H8FN3OS. The molecule has 2 rings (SSSR count). The molecular weight excluding hydrogens is 241 g/mol. The maximum absolute atomic E-state index is 13.3. The van der Waals surface area contributed by atoms with Gasteiger partial charge in [-0.05, 0) is 24.3 Å². The molecule has 1 aromatic carbocycles. The van der Waals surface area contributed by atoms with Crippen molar-refractivity contribution in [1.82, 2.24) is 10.2 Å². The number of carbonyl (C=O) groups is 1. The summed E-state index contributed by atoms with van der Waals surface area (Å²) in [4.78, 5) is 11.7. The van der Waals surface area contributed by atoms with Crippen LogP contribution in [0, 0.1) is 10.5 Å². The van der Waals surface area contributed by atoms with Gasteiger partial charge in [0.15, 0.2) is 5.82 Å². The molecule has 17 heavy (non-hydrogen) atoms. The van der Waals surface area contributed by atoms with Gasteiger partial charge in [0.05, 0.1) is 5.56 Å². The fraction of sp³-hybridized carbons (Fsp3) is 0. The number of aromatic nitrogens is 2. The molecule has 4 nitrogen and oxygen atoms in total. The van der Waals surface area contributed by atoms with Crippen molar-refractivity contribution in [1.29, 1.82) is 0 Å². The van der Waals surface area contributed by atoms with E-state index < -0.39 is 11.7 Å². The van der Waals surface area contributed by atoms with E-state index in [0.717, 1.165) is 0 Å². The van der Waals surface area contributed by atoms with Crippen molar-refractivity contribution in [2.75, 3.05) is 5.32 Å². The highest BCUT2D eigenvalue weighted by atomic mass is 32.1. The van der Waals surface area contributed by atoms with Crippen molar-refractivity contribution < 1.29 is 9.18 Å². The fourth-order valence-electron chi connectivity index (χ4n) is 1.24. The molecule has 0 fully saturated rings. The summed E-state index contributed by atoms with van der Waals surface area (Å²) in [6.07, 6.45) is 0. The maximum Gasteiger partial charge on any atom is 0.259 e. The predicted molar refractivity (Wildman–Crippen MR) is 63.8 cm³/mol. The minimum absolute atomic E-state index is 0.0308. The van der Waals surface area contributed by atoms with Gasteiger partial charge in [0, 0.05) is 0 Å². The topological polar surface area (TPSA) is 57.8 Å². The Labute approximate surface area is 101 Å². The number of rotatable bonds is 2. The summed E-state index contributed by atoms with van der Waals surface area (Å²) < 4.78 is 13.8. The van der Waals surface area contributed by atoms with E-state index in [2.05, 4.69) is 15.5 Å². The lowest BCUT2D eigenvalue weighted by Gasteiger charge is -2.04. The van der Waals surface area contributed by atoms with Gasteiger partial charge in [-0.25, -0.2) is 4.39 Å². The summed E-state index contributed by atoms with van der Waals surface area (Å²) in [6.45, 7) is 0. The van der Waals surface area contributed by atoms with Crippen molar-refractivity contribution >= 4 is 23.9 Å². The Bertz CT molecular complexity index is 591. The van der Waals surface area contributed by atoms with Gasteiger partial charge in [-0.1, -0.05) is 24.4 Å². The van der Waals surface area contributed by atoms with Crippen molar-refractivity contribution in [3.63, 3.8) is 0 Å². The normalized spacial score (nSPS) is 9.94. The summed E-state index contributed by atoms with van der Waals surface area (Å²) in [6, 6.07) is 8.85. The van der Waals surface area contributed by atoms with E-state index in [1.54, 1.807) is 12.1 Å². The van der Waals surface area contributed by atoms with Gasteiger partial charge >= 0.3 is 0 Å². The standard InChI is InChI=1S/C11H8FN3OS/c12-8-4-2-1-3-7(8)11(16)13-9-5-6-10(17)15-14-9/h1-6H,(H,15,17)(H,13,14,16). The predicted octanol–water partition coefficient (Wildman–Crippen LogP) is 2.53. The summed E-state index contributed by atoms with van der Waals surface area (Å²) in [5.41, 5.74) is -0.0308. The molecule has 6 heteroatoms. The largest absolute Gasteiger partial charge is 0.305 e. The number of hydrogen-bond acceptors (Lipinski definition) is 3. The molecule has 1 aromatic heterocycles. The number of nitrogens with one attached hydrogen (secondary N) is 2. The number of hydrogen-bond donors (Lipinski definition) is 2. The van der Waals surface area contributed by atoms with Crippen LogP contribution in [0.25, 0.3) is 0 Å². The third kappa shape index (κ3) is 2.73. The molecule has 0 unspecified atom stereocenters. The van der Waals surface area contributed by atoms with E-state index in [9.17, 15) is 9.18 Å². The number of aromatic amines is 1. The van der Waals surface area contributed by atoms with Crippen molar-refractivity contribution in [2.24, 2.45) is 0 Å². The second-order valence-corrected chi connectivity index (χ2v) is 3.68. The fourth-order valence-corrected chi connectivity index (χ4v) is 1.36. The van der Waals surface area contributed by atoms with Crippen LogP contribution < -0.4 is 5.32 Å². The molecule has 0 aliphatic carbocycles. The van der Waals surface area contributed by atoms with Gasteiger partial charge < -0.3 is 5.32 Å². The lowest BCUT2D eigenvalue weighted by atomic mass is 10.2. The zero-order chi connectivity index (χ0) is 12.3. The molecule has 1 amide bonds. The van der Waals surface area contributed by atoms with Crippen LogP contribution in [-0.4, -0.2) is 16.1 Å². The summed E-state index contributed by atoms with van der Waals surface area (Å²) in [5, 5.41) is 8.78. The van der Waals surface area contributed by atoms with E-state index in [4.69, 9.17) is 12.2 Å². The molecule has 2 N–H and O–H groups in total. The Morgan fingerprint density at radius 3 is 2.71 bits per heavy atom. The van der Waals surface area contributed by atoms with E-state index in [0.29, 0.717) is 4.64 Å². The van der Waals surface area contributed by atoms with E-state index in [1.807, 2.05) is 0 Å². The summed E-state index contributed by atoms with van der Waals surface area (Å²) in [7, 11) is 0. The highest BCUT2D eigenvalue weighted by Crippen LogP contribution is 2.09. The molecule has 0 atom stereocenters. The van der Waals surface area contributed by atoms with Crippen LogP contribution in [0.2, 0.25) is 0 Å². The average Bonchev–Trinajstić information content (AvgIpc) is 2.32. The molecule has 0 aliphatic rings. The SMILES string of the molecule is O=C(Nc1ccc(=S)[nH]n1)c1ccccc1F. The number of anilines is 1. The molecule has 0 spiro atoms. The van der Waals surface area contributed by atoms with Crippen LogP contribution in [0.1, 0.15) is 10.4 Å². The minimum Gasteiger partial charge on any atom is -0.305 e. The molecule has 0 radical (unpaired) electrons. The number of nitrogens with zero attached hydrogens (tertiary/aromatic N) is 1. The number of amides is 1. The van der Waals surface area contributed by atoms with Crippen molar-refractivity contribution in [3.05, 3.63) is 52.4 Å². The third-order valence-corrected chi connectivity index (χ3v) is 2.27. The van der Waals surface area contributed by atoms with Crippen LogP contribution in [0.5, 0.6) is 0 Å². The zero-order valence-electron chi connectivity index (χ0n) is 8.61. The first-order chi connectivity index (χ1) is 8.16. The Balaban J connectivity index is 2.20. The first kappa shape index (κ1) is 11.4. The third-order valence-electron chi connectivity index (χ3n) is 2.04. The van der Waals surface area contributed by atoms with Gasteiger partial charge in [0.1, 0.15) is 10.5 Å². The first-order valence-electron chi connectivity index (χ1n) is 4.78. The quantitative estimate of drug-likeness (QED) is 0.804. The number of halogens is 1. The molecule has 0 bridgehead atoms. The second-order valence-electron chi connectivity index (χ2n) is 3.24. The molecule has 0 saturated carbocycles. The first-order valence-corrected chi connectivity index (χ1v) is 5.19.